The second-order valence-corrected chi connectivity index (χ2v) is 8.71. The highest BCUT2D eigenvalue weighted by atomic mass is 16.6. The normalized spacial score (nSPS) is 11.9. The molecular formula is C28H48N2O12. The van der Waals surface area contributed by atoms with Gasteiger partial charge in [-0.1, -0.05) is 12.1 Å². The van der Waals surface area contributed by atoms with Crippen LogP contribution in [0, 0.1) is 0 Å². The highest BCUT2D eigenvalue weighted by molar-refractivity contribution is 5.77. The number of carbonyl (C=O) groups excluding carboxylic acids is 1. The third-order valence-corrected chi connectivity index (χ3v) is 5.30. The summed E-state index contributed by atoms with van der Waals surface area (Å²) in [6, 6.07) is 5.81. The summed E-state index contributed by atoms with van der Waals surface area (Å²) in [6.45, 7) is 7.49. The monoisotopic (exact) mass is 604 g/mol. The standard InChI is InChI=1S/C28H48N2O12/c1-34-8-9-36-12-13-38-16-17-40-20-21-41-19-18-39-15-14-37-11-10-35-7-6-30-27(31)23-42-25-4-2-24(3-5-25)22-26(29)28(32)33/h2-5,26H,6-23,29H2,1H3,(H,30,31)(H,32,33)/t26-/m0/s1. The smallest absolute Gasteiger partial charge is 0.320 e. The van der Waals surface area contributed by atoms with E-state index in [1.54, 1.807) is 31.4 Å². The Hall–Kier alpha value is -2.40. The highest BCUT2D eigenvalue weighted by Crippen LogP contribution is 2.13. The van der Waals surface area contributed by atoms with Crippen molar-refractivity contribution < 1.29 is 57.3 Å². The van der Waals surface area contributed by atoms with Gasteiger partial charge < -0.3 is 58.8 Å². The van der Waals surface area contributed by atoms with Crippen molar-refractivity contribution >= 4 is 11.9 Å². The molecule has 0 saturated carbocycles. The van der Waals surface area contributed by atoms with Crippen LogP contribution in [0.2, 0.25) is 0 Å². The minimum Gasteiger partial charge on any atom is -0.484 e. The van der Waals surface area contributed by atoms with E-state index in [1.807, 2.05) is 0 Å². The Morgan fingerprint density at radius 1 is 0.690 bits per heavy atom. The van der Waals surface area contributed by atoms with Crippen LogP contribution in [0.25, 0.3) is 0 Å². The third kappa shape index (κ3) is 23.2. The van der Waals surface area contributed by atoms with Crippen molar-refractivity contribution in [2.75, 3.05) is 119 Å². The predicted molar refractivity (Wildman–Crippen MR) is 152 cm³/mol. The fraction of sp³-hybridized carbons (Fsp3) is 0.714. The van der Waals surface area contributed by atoms with Gasteiger partial charge in [-0.05, 0) is 24.1 Å². The summed E-state index contributed by atoms with van der Waals surface area (Å²) >= 11 is 0. The molecule has 1 aromatic rings. The third-order valence-electron chi connectivity index (χ3n) is 5.30. The molecule has 1 atom stereocenters. The van der Waals surface area contributed by atoms with Crippen LogP contribution in [-0.2, 0) is 53.9 Å². The van der Waals surface area contributed by atoms with Crippen molar-refractivity contribution in [3.63, 3.8) is 0 Å². The van der Waals surface area contributed by atoms with Gasteiger partial charge in [0.1, 0.15) is 11.8 Å². The lowest BCUT2D eigenvalue weighted by molar-refractivity contribution is -0.138. The molecule has 0 aromatic heterocycles. The number of nitrogens with two attached hydrogens (primary N) is 1. The van der Waals surface area contributed by atoms with Crippen molar-refractivity contribution in [3.05, 3.63) is 29.8 Å². The molecule has 0 radical (unpaired) electrons. The zero-order valence-electron chi connectivity index (χ0n) is 24.6. The molecule has 1 aromatic carbocycles. The van der Waals surface area contributed by atoms with E-state index in [0.717, 1.165) is 5.56 Å². The fourth-order valence-electron chi connectivity index (χ4n) is 3.09. The van der Waals surface area contributed by atoms with Gasteiger partial charge in [0.2, 0.25) is 0 Å². The Morgan fingerprint density at radius 2 is 1.10 bits per heavy atom. The minimum absolute atomic E-state index is 0.140. The van der Waals surface area contributed by atoms with E-state index in [2.05, 4.69) is 5.32 Å². The van der Waals surface area contributed by atoms with Gasteiger partial charge in [-0.2, -0.15) is 0 Å². The van der Waals surface area contributed by atoms with E-state index in [-0.39, 0.29) is 18.9 Å². The summed E-state index contributed by atoms with van der Waals surface area (Å²) in [5.74, 6) is -0.830. The van der Waals surface area contributed by atoms with Gasteiger partial charge >= 0.3 is 5.97 Å². The van der Waals surface area contributed by atoms with E-state index in [1.165, 1.54) is 0 Å². The molecule has 4 N–H and O–H groups in total. The average Bonchev–Trinajstić information content (AvgIpc) is 2.99. The van der Waals surface area contributed by atoms with E-state index < -0.39 is 12.0 Å². The topological polar surface area (TPSA) is 175 Å². The molecular weight excluding hydrogens is 556 g/mol. The van der Waals surface area contributed by atoms with Crippen LogP contribution in [0.1, 0.15) is 5.56 Å². The number of carbonyl (C=O) groups is 2. The lowest BCUT2D eigenvalue weighted by Crippen LogP contribution is -2.32. The molecule has 0 unspecified atom stereocenters. The number of carboxylic acid groups (broad SMARTS) is 1. The Balaban J connectivity index is 1.79. The SMILES string of the molecule is COCCOCCOCCOCCOCCOCCOCCOCCNC(=O)COc1ccc(C[C@H](N)C(=O)O)cc1. The molecule has 1 amide bonds. The first-order valence-electron chi connectivity index (χ1n) is 14.0. The van der Waals surface area contributed by atoms with E-state index >= 15 is 0 Å². The summed E-state index contributed by atoms with van der Waals surface area (Å²) in [4.78, 5) is 22.7. The molecule has 14 nitrogen and oxygen atoms in total. The molecule has 1 rings (SSSR count). The van der Waals surface area contributed by atoms with Crippen LogP contribution in [0.15, 0.2) is 24.3 Å². The number of methoxy groups -OCH3 is 1. The van der Waals surface area contributed by atoms with Crippen molar-refractivity contribution in [1.82, 2.24) is 5.32 Å². The van der Waals surface area contributed by atoms with Crippen LogP contribution in [0.4, 0.5) is 0 Å². The summed E-state index contributed by atoms with van der Waals surface area (Å²) in [7, 11) is 1.64. The number of benzene rings is 1. The van der Waals surface area contributed by atoms with Crippen LogP contribution < -0.4 is 15.8 Å². The quantitative estimate of drug-likeness (QED) is 0.0994. The first-order valence-corrected chi connectivity index (χ1v) is 14.0. The summed E-state index contributed by atoms with van der Waals surface area (Å²) < 4.78 is 48.1. The number of aliphatic carboxylic acids is 1. The zero-order valence-corrected chi connectivity index (χ0v) is 24.6. The van der Waals surface area contributed by atoms with Gasteiger partial charge in [0.25, 0.3) is 5.91 Å². The van der Waals surface area contributed by atoms with Crippen molar-refractivity contribution in [1.29, 1.82) is 0 Å². The van der Waals surface area contributed by atoms with Gasteiger partial charge in [-0.25, -0.2) is 0 Å². The van der Waals surface area contributed by atoms with Gasteiger partial charge in [0, 0.05) is 13.7 Å². The van der Waals surface area contributed by atoms with Gasteiger partial charge in [0.05, 0.1) is 99.1 Å². The molecule has 0 fully saturated rings. The molecule has 242 valence electrons. The van der Waals surface area contributed by atoms with E-state index in [9.17, 15) is 9.59 Å². The van der Waals surface area contributed by atoms with Crippen molar-refractivity contribution in [2.24, 2.45) is 5.73 Å². The minimum atomic E-state index is -1.06. The molecule has 0 heterocycles. The highest BCUT2D eigenvalue weighted by Gasteiger charge is 2.12. The molecule has 0 bridgehead atoms. The van der Waals surface area contributed by atoms with Crippen LogP contribution >= 0.6 is 0 Å². The number of rotatable bonds is 30. The summed E-state index contributed by atoms with van der Waals surface area (Å²) in [6.07, 6.45) is 0.216. The second kappa shape index (κ2) is 27.4. The first kappa shape index (κ1) is 37.6. The van der Waals surface area contributed by atoms with Crippen LogP contribution in [0.3, 0.4) is 0 Å². The summed E-state index contributed by atoms with van der Waals surface area (Å²) in [5, 5.41) is 11.6. The van der Waals surface area contributed by atoms with Crippen molar-refractivity contribution in [2.45, 2.75) is 12.5 Å². The maximum absolute atomic E-state index is 11.9. The molecule has 0 saturated heterocycles. The number of hydrogen-bond acceptors (Lipinski definition) is 12. The first-order chi connectivity index (χ1) is 20.5. The lowest BCUT2D eigenvalue weighted by Gasteiger charge is -2.10. The number of ether oxygens (including phenoxy) is 9. The number of carboxylic acids is 1. The second-order valence-electron chi connectivity index (χ2n) is 8.71. The zero-order chi connectivity index (χ0) is 30.5. The molecule has 0 spiro atoms. The largest absolute Gasteiger partial charge is 0.484 e. The van der Waals surface area contributed by atoms with Crippen LogP contribution in [-0.4, -0.2) is 142 Å². The van der Waals surface area contributed by atoms with Crippen molar-refractivity contribution in [3.8, 4) is 5.75 Å². The van der Waals surface area contributed by atoms with E-state index in [0.29, 0.717) is 111 Å². The van der Waals surface area contributed by atoms with Gasteiger partial charge in [0.15, 0.2) is 6.61 Å². The van der Waals surface area contributed by atoms with Crippen LogP contribution in [0.5, 0.6) is 5.75 Å². The predicted octanol–water partition coefficient (Wildman–Crippen LogP) is -0.101. The lowest BCUT2D eigenvalue weighted by atomic mass is 10.1. The fourth-order valence-corrected chi connectivity index (χ4v) is 3.09. The number of hydrogen-bond donors (Lipinski definition) is 3. The van der Waals surface area contributed by atoms with E-state index in [4.69, 9.17) is 53.5 Å². The molecule has 42 heavy (non-hydrogen) atoms. The van der Waals surface area contributed by atoms with Gasteiger partial charge in [-0.15, -0.1) is 0 Å². The molecule has 14 heteroatoms. The average molecular weight is 605 g/mol. The Morgan fingerprint density at radius 3 is 1.50 bits per heavy atom. The Labute approximate surface area is 247 Å². The summed E-state index contributed by atoms with van der Waals surface area (Å²) in [5.41, 5.74) is 6.29. The molecule has 0 aliphatic carbocycles. The maximum atomic E-state index is 11.9. The number of nitrogens with one attached hydrogen (secondary N) is 1. The Bertz CT molecular complexity index is 785. The maximum Gasteiger partial charge on any atom is 0.320 e. The number of amides is 1. The molecule has 0 aliphatic heterocycles. The molecule has 0 aliphatic rings. The Kier molecular flexibility index (Phi) is 24.6. The van der Waals surface area contributed by atoms with Gasteiger partial charge in [-0.3, -0.25) is 9.59 Å².